The van der Waals surface area contributed by atoms with E-state index >= 15 is 0 Å². The molecule has 0 spiro atoms. The molecule has 8 nitrogen and oxygen atoms in total. The smallest absolute Gasteiger partial charge is 0.181 e. The lowest BCUT2D eigenvalue weighted by molar-refractivity contribution is -0.0987. The number of benzene rings is 1. The molecule has 0 atom stereocenters. The molecule has 2 N–H and O–H groups in total. The number of aryl methyl sites for hydroxylation is 3. The number of aromatic nitrogens is 4. The van der Waals surface area contributed by atoms with Crippen LogP contribution in [0.2, 0.25) is 0 Å². The zero-order chi connectivity index (χ0) is 26.5. The maximum absolute atomic E-state index is 14.1. The second kappa shape index (κ2) is 14.1. The van der Waals surface area contributed by atoms with Crippen molar-refractivity contribution in [3.05, 3.63) is 76.6 Å². The number of nitrogens with zero attached hydrogens (tertiary/aromatic N) is 3. The summed E-state index contributed by atoms with van der Waals surface area (Å²) in [7, 11) is 1.57. The van der Waals surface area contributed by atoms with E-state index in [-0.39, 0.29) is 23.7 Å². The van der Waals surface area contributed by atoms with Gasteiger partial charge in [0.15, 0.2) is 11.5 Å². The summed E-state index contributed by atoms with van der Waals surface area (Å²) < 4.78 is 45.6. The molecule has 0 aliphatic rings. The number of H-pyrrole nitrogens is 1. The van der Waals surface area contributed by atoms with Crippen LogP contribution in [0.25, 0.3) is 11.0 Å². The molecule has 1 aromatic carbocycles. The topological polar surface area (TPSA) is 110 Å². The lowest BCUT2D eigenvalue weighted by Crippen LogP contribution is -2.05. The Balaban J connectivity index is 0.000000394. The van der Waals surface area contributed by atoms with Gasteiger partial charge in [-0.05, 0) is 50.6 Å². The van der Waals surface area contributed by atoms with Crippen molar-refractivity contribution in [2.75, 3.05) is 12.4 Å². The van der Waals surface area contributed by atoms with Gasteiger partial charge in [-0.3, -0.25) is 10.1 Å². The van der Waals surface area contributed by atoms with Gasteiger partial charge in [-0.25, -0.2) is 18.2 Å². The van der Waals surface area contributed by atoms with Gasteiger partial charge >= 0.3 is 0 Å². The number of aromatic amines is 1. The van der Waals surface area contributed by atoms with Crippen molar-refractivity contribution < 1.29 is 27.5 Å². The summed E-state index contributed by atoms with van der Waals surface area (Å²) in [5, 5.41) is 10.3. The van der Waals surface area contributed by atoms with Crippen LogP contribution >= 0.6 is 0 Å². The Kier molecular flexibility index (Phi) is 11.6. The zero-order valence-corrected chi connectivity index (χ0v) is 19.8. The maximum Gasteiger partial charge on any atom is 0.181 e. The number of rotatable bonds is 4. The molecule has 3 heterocycles. The number of carbonyl (C=O) groups is 2. The van der Waals surface area contributed by atoms with Crippen molar-refractivity contribution in [3.8, 4) is 5.75 Å². The molecule has 3 aromatic heterocycles. The van der Waals surface area contributed by atoms with Crippen LogP contribution in [0.3, 0.4) is 0 Å². The van der Waals surface area contributed by atoms with E-state index in [1.165, 1.54) is 30.6 Å². The molecule has 0 aliphatic heterocycles. The predicted octanol–water partition coefficient (Wildman–Crippen LogP) is 4.63. The highest BCUT2D eigenvalue weighted by atomic mass is 19.1. The molecule has 186 valence electrons. The Morgan fingerprint density at radius 1 is 1.00 bits per heavy atom. The highest BCUT2D eigenvalue weighted by Crippen LogP contribution is 2.24. The molecule has 0 radical (unpaired) electrons. The summed E-state index contributed by atoms with van der Waals surface area (Å²) in [6, 6.07) is 5.76. The first-order chi connectivity index (χ1) is 16.8. The van der Waals surface area contributed by atoms with E-state index in [0.29, 0.717) is 11.4 Å². The Bertz CT molecular complexity index is 1250. The normalized spacial score (nSPS) is 9.57. The fourth-order valence-corrected chi connectivity index (χ4v) is 2.77. The number of halogens is 3. The number of hydrogen-bond acceptors (Lipinski definition) is 7. The van der Waals surface area contributed by atoms with Crippen molar-refractivity contribution in [2.24, 2.45) is 0 Å². The van der Waals surface area contributed by atoms with E-state index in [4.69, 9.17) is 14.3 Å². The largest absolute Gasteiger partial charge is 0.487 e. The molecule has 0 saturated heterocycles. The van der Waals surface area contributed by atoms with Gasteiger partial charge in [0.1, 0.15) is 37.6 Å². The Hall–Kier alpha value is -4.28. The fraction of sp³-hybridized carbons (Fsp3) is 0.208. The number of pyridine rings is 2. The molecule has 4 rings (SSSR count). The third-order valence-corrected chi connectivity index (χ3v) is 4.72. The van der Waals surface area contributed by atoms with Crippen molar-refractivity contribution in [2.45, 2.75) is 27.4 Å². The lowest BCUT2D eigenvalue weighted by Gasteiger charge is -2.10. The first kappa shape index (κ1) is 28.8. The van der Waals surface area contributed by atoms with Crippen molar-refractivity contribution >= 4 is 30.3 Å². The summed E-state index contributed by atoms with van der Waals surface area (Å²) in [5.74, 6) is -1.15. The van der Waals surface area contributed by atoms with E-state index in [0.717, 1.165) is 22.3 Å². The molecule has 4 aromatic rings. The van der Waals surface area contributed by atoms with E-state index in [1.807, 2.05) is 34.3 Å². The summed E-state index contributed by atoms with van der Waals surface area (Å²) >= 11 is 0. The molecule has 0 fully saturated rings. The van der Waals surface area contributed by atoms with Gasteiger partial charge in [-0.1, -0.05) is 0 Å². The molecule has 0 unspecified atom stereocenters. The van der Waals surface area contributed by atoms with Crippen molar-refractivity contribution in [1.29, 1.82) is 0 Å². The van der Waals surface area contributed by atoms with Crippen LogP contribution in [0.4, 0.5) is 18.9 Å². The minimum Gasteiger partial charge on any atom is -0.487 e. The van der Waals surface area contributed by atoms with E-state index in [1.54, 1.807) is 13.1 Å². The van der Waals surface area contributed by atoms with Crippen LogP contribution in [-0.4, -0.2) is 40.8 Å². The number of anilines is 1. The van der Waals surface area contributed by atoms with E-state index in [2.05, 4.69) is 25.5 Å². The van der Waals surface area contributed by atoms with Crippen LogP contribution in [-0.2, 0) is 16.2 Å². The Labute approximate surface area is 200 Å². The molecular weight excluding hydrogens is 463 g/mol. The summed E-state index contributed by atoms with van der Waals surface area (Å²) in [4.78, 5) is 23.9. The first-order valence-corrected chi connectivity index (χ1v) is 10.0. The Morgan fingerprint density at radius 3 is 2.29 bits per heavy atom. The highest BCUT2D eigenvalue weighted by Gasteiger charge is 2.14. The number of nitrogens with one attached hydrogen (secondary N) is 2. The standard InChI is InChI=1S/C15H14F2N4O.C7H8FN.2CH2O/c1-8-10-5-9(6-19-15(10)21-20-8)22-7-11-12(16)3-4-13(18-2)14(11)17;1-5-3-7(8)4-9-6(5)2;2*1-2/h3-6,18H,7H2,1-2H3,(H,19,20,21);3-4H,1-2H3;2*1H2. The van der Waals surface area contributed by atoms with Crippen molar-refractivity contribution in [3.63, 3.8) is 0 Å². The van der Waals surface area contributed by atoms with Gasteiger partial charge in [0.25, 0.3) is 0 Å². The second-order valence-corrected chi connectivity index (χ2v) is 6.87. The van der Waals surface area contributed by atoms with Crippen LogP contribution in [0.5, 0.6) is 5.75 Å². The third-order valence-electron chi connectivity index (χ3n) is 4.72. The van der Waals surface area contributed by atoms with E-state index < -0.39 is 11.6 Å². The van der Waals surface area contributed by atoms with Gasteiger partial charge < -0.3 is 19.6 Å². The van der Waals surface area contributed by atoms with Crippen LogP contribution in [0.1, 0.15) is 22.5 Å². The first-order valence-electron chi connectivity index (χ1n) is 10.0. The summed E-state index contributed by atoms with van der Waals surface area (Å²) in [6.07, 6.45) is 2.70. The molecule has 0 saturated carbocycles. The molecule has 35 heavy (non-hydrogen) atoms. The monoisotopic (exact) mass is 489 g/mol. The maximum atomic E-state index is 14.1. The van der Waals surface area contributed by atoms with E-state index in [9.17, 15) is 13.2 Å². The van der Waals surface area contributed by atoms with Crippen molar-refractivity contribution in [1.82, 2.24) is 20.2 Å². The minimum atomic E-state index is -0.656. The van der Waals surface area contributed by atoms with Crippen LogP contribution < -0.4 is 10.1 Å². The third kappa shape index (κ3) is 7.63. The van der Waals surface area contributed by atoms with Gasteiger partial charge in [-0.2, -0.15) is 5.10 Å². The highest BCUT2D eigenvalue weighted by molar-refractivity contribution is 5.78. The number of carbonyl (C=O) groups excluding carboxylic acids is 2. The molecule has 0 amide bonds. The van der Waals surface area contributed by atoms with Gasteiger partial charge in [-0.15, -0.1) is 0 Å². The average molecular weight is 489 g/mol. The lowest BCUT2D eigenvalue weighted by atomic mass is 10.2. The number of fused-ring (bicyclic) bond motifs is 1. The van der Waals surface area contributed by atoms with Gasteiger partial charge in [0.2, 0.25) is 0 Å². The van der Waals surface area contributed by atoms with Crippen LogP contribution in [0.15, 0.2) is 36.7 Å². The second-order valence-electron chi connectivity index (χ2n) is 6.87. The molecule has 0 bridgehead atoms. The number of ether oxygens (including phenoxy) is 1. The van der Waals surface area contributed by atoms with Gasteiger partial charge in [0.05, 0.1) is 23.6 Å². The summed E-state index contributed by atoms with van der Waals surface area (Å²) in [6.45, 7) is 9.33. The molecule has 11 heteroatoms. The predicted molar refractivity (Wildman–Crippen MR) is 127 cm³/mol. The zero-order valence-electron chi connectivity index (χ0n) is 19.8. The minimum absolute atomic E-state index is 0.129. The van der Waals surface area contributed by atoms with Gasteiger partial charge in [0, 0.05) is 23.8 Å². The molecular formula is C24H26F3N5O3. The fourth-order valence-electron chi connectivity index (χ4n) is 2.77. The number of hydrogen-bond donors (Lipinski definition) is 2. The molecule has 0 aliphatic carbocycles. The summed E-state index contributed by atoms with van der Waals surface area (Å²) in [5.41, 5.74) is 3.29. The quantitative estimate of drug-likeness (QED) is 0.430. The average Bonchev–Trinajstić information content (AvgIpc) is 3.24. The SMILES string of the molecule is C=O.C=O.CNc1ccc(F)c(COc2cnc3n[nH]c(C)c3c2)c1F.Cc1cc(F)cnc1C. The Morgan fingerprint density at radius 2 is 1.69 bits per heavy atom. The van der Waals surface area contributed by atoms with Crippen LogP contribution in [0, 0.1) is 38.2 Å².